The van der Waals surface area contributed by atoms with Crippen LogP contribution in [0.5, 0.6) is 5.75 Å². The fourth-order valence-electron chi connectivity index (χ4n) is 2.31. The van der Waals surface area contributed by atoms with Gasteiger partial charge in [-0.2, -0.15) is 0 Å². The second-order valence-electron chi connectivity index (χ2n) is 5.37. The summed E-state index contributed by atoms with van der Waals surface area (Å²) in [6, 6.07) is 14.6. The number of aromatic nitrogens is 1. The number of hydrogen-bond acceptors (Lipinski definition) is 4. The van der Waals surface area contributed by atoms with Crippen molar-refractivity contribution in [2.75, 3.05) is 12.4 Å². The Morgan fingerprint density at radius 1 is 1.20 bits per heavy atom. The maximum absolute atomic E-state index is 12.0. The fourth-order valence-corrected chi connectivity index (χ4v) is 2.49. The quantitative estimate of drug-likeness (QED) is 0.702. The van der Waals surface area contributed by atoms with Crippen LogP contribution in [0.3, 0.4) is 0 Å². The smallest absolute Gasteiger partial charge is 0.224 e. The summed E-state index contributed by atoms with van der Waals surface area (Å²) in [5.74, 6) is 1.81. The molecule has 1 amide bonds. The van der Waals surface area contributed by atoms with Crippen LogP contribution >= 0.6 is 11.6 Å². The molecule has 0 fully saturated rings. The lowest BCUT2D eigenvalue weighted by atomic mass is 10.2. The zero-order valence-electron chi connectivity index (χ0n) is 13.7. The molecule has 1 N–H and O–H groups in total. The summed E-state index contributed by atoms with van der Waals surface area (Å²) < 4.78 is 10.8. The summed E-state index contributed by atoms with van der Waals surface area (Å²) >= 11 is 6.02. The predicted molar refractivity (Wildman–Crippen MR) is 96.9 cm³/mol. The first kappa shape index (κ1) is 17.0. The monoisotopic (exact) mass is 356 g/mol. The van der Waals surface area contributed by atoms with E-state index in [1.807, 2.05) is 36.4 Å². The highest BCUT2D eigenvalue weighted by molar-refractivity contribution is 6.33. The van der Waals surface area contributed by atoms with Crippen LogP contribution in [-0.4, -0.2) is 18.0 Å². The van der Waals surface area contributed by atoms with Crippen LogP contribution in [0.2, 0.25) is 5.02 Å². The van der Waals surface area contributed by atoms with E-state index >= 15 is 0 Å². The van der Waals surface area contributed by atoms with E-state index < -0.39 is 0 Å². The molecule has 0 bridgehead atoms. The van der Waals surface area contributed by atoms with Crippen LogP contribution in [0.25, 0.3) is 11.3 Å². The molecule has 0 aliphatic heterocycles. The summed E-state index contributed by atoms with van der Waals surface area (Å²) in [6.45, 7) is 0. The molecule has 3 rings (SSSR count). The Morgan fingerprint density at radius 2 is 1.96 bits per heavy atom. The lowest BCUT2D eigenvalue weighted by Gasteiger charge is -2.05. The van der Waals surface area contributed by atoms with Crippen LogP contribution < -0.4 is 10.1 Å². The van der Waals surface area contributed by atoms with Crippen molar-refractivity contribution in [2.45, 2.75) is 12.8 Å². The first-order valence-electron chi connectivity index (χ1n) is 7.79. The number of oxazole rings is 1. The van der Waals surface area contributed by atoms with Gasteiger partial charge in [-0.1, -0.05) is 23.7 Å². The third-order valence-electron chi connectivity index (χ3n) is 3.64. The number of nitrogens with zero attached hydrogens (tertiary/aromatic N) is 1. The summed E-state index contributed by atoms with van der Waals surface area (Å²) in [7, 11) is 1.62. The van der Waals surface area contributed by atoms with Gasteiger partial charge in [0.2, 0.25) is 5.91 Å². The molecular formula is C19H17ClN2O3. The number of para-hydroxylation sites is 1. The van der Waals surface area contributed by atoms with Crippen LogP contribution in [0.4, 0.5) is 5.69 Å². The molecule has 25 heavy (non-hydrogen) atoms. The van der Waals surface area contributed by atoms with Gasteiger partial charge in [0.25, 0.3) is 0 Å². The number of hydrogen-bond donors (Lipinski definition) is 1. The van der Waals surface area contributed by atoms with Gasteiger partial charge in [0, 0.05) is 18.4 Å². The third kappa shape index (κ3) is 4.39. The van der Waals surface area contributed by atoms with E-state index in [-0.39, 0.29) is 12.3 Å². The van der Waals surface area contributed by atoms with Crippen LogP contribution in [0, 0.1) is 0 Å². The molecule has 0 atom stereocenters. The lowest BCUT2D eigenvalue weighted by molar-refractivity contribution is -0.116. The van der Waals surface area contributed by atoms with Gasteiger partial charge in [0.05, 0.1) is 24.0 Å². The lowest BCUT2D eigenvalue weighted by Crippen LogP contribution is -2.12. The van der Waals surface area contributed by atoms with Crippen molar-refractivity contribution < 1.29 is 13.9 Å². The SMILES string of the molecule is COc1ccc(-c2cnc(CCC(=O)Nc3ccccc3Cl)o2)cc1. The molecule has 0 unspecified atom stereocenters. The topological polar surface area (TPSA) is 64.4 Å². The number of anilines is 1. The first-order chi connectivity index (χ1) is 12.2. The molecule has 128 valence electrons. The van der Waals surface area contributed by atoms with Crippen molar-refractivity contribution in [3.8, 4) is 17.1 Å². The van der Waals surface area contributed by atoms with Crippen molar-refractivity contribution >= 4 is 23.2 Å². The Morgan fingerprint density at radius 3 is 2.68 bits per heavy atom. The van der Waals surface area contributed by atoms with Crippen LogP contribution in [0.15, 0.2) is 59.1 Å². The summed E-state index contributed by atoms with van der Waals surface area (Å²) in [5.41, 5.74) is 1.50. The number of nitrogens with one attached hydrogen (secondary N) is 1. The maximum Gasteiger partial charge on any atom is 0.224 e. The number of benzene rings is 2. The summed E-state index contributed by atoms with van der Waals surface area (Å²) in [6.07, 6.45) is 2.32. The van der Waals surface area contributed by atoms with Gasteiger partial charge >= 0.3 is 0 Å². The standard InChI is InChI=1S/C19H17ClN2O3/c1-24-14-8-6-13(7-9-14)17-12-21-19(25-17)11-10-18(23)22-16-5-3-2-4-15(16)20/h2-9,12H,10-11H2,1H3,(H,22,23). The number of halogens is 1. The summed E-state index contributed by atoms with van der Waals surface area (Å²) in [5, 5.41) is 3.29. The Labute approximate surface area is 150 Å². The van der Waals surface area contributed by atoms with E-state index in [4.69, 9.17) is 20.8 Å². The highest BCUT2D eigenvalue weighted by Gasteiger charge is 2.10. The first-order valence-corrected chi connectivity index (χ1v) is 8.17. The van der Waals surface area contributed by atoms with E-state index in [1.54, 1.807) is 25.4 Å². The van der Waals surface area contributed by atoms with E-state index in [9.17, 15) is 4.79 Å². The number of ether oxygens (including phenoxy) is 1. The molecule has 0 saturated carbocycles. The number of carbonyl (C=O) groups is 1. The Hall–Kier alpha value is -2.79. The van der Waals surface area contributed by atoms with Crippen LogP contribution in [0.1, 0.15) is 12.3 Å². The normalized spacial score (nSPS) is 10.5. The molecule has 1 aromatic heterocycles. The highest BCUT2D eigenvalue weighted by Crippen LogP contribution is 2.24. The molecule has 0 aliphatic rings. The average Bonchev–Trinajstić information content (AvgIpc) is 3.11. The Balaban J connectivity index is 1.58. The Kier molecular flexibility index (Phi) is 5.36. The maximum atomic E-state index is 12.0. The van der Waals surface area contributed by atoms with E-state index in [0.29, 0.717) is 28.8 Å². The number of aryl methyl sites for hydroxylation is 1. The van der Waals surface area contributed by atoms with Crippen molar-refractivity contribution in [3.05, 3.63) is 65.6 Å². The summed E-state index contributed by atoms with van der Waals surface area (Å²) in [4.78, 5) is 16.3. The molecule has 0 aliphatic carbocycles. The third-order valence-corrected chi connectivity index (χ3v) is 3.97. The molecule has 3 aromatic rings. The van der Waals surface area contributed by atoms with Crippen molar-refractivity contribution in [3.63, 3.8) is 0 Å². The second-order valence-corrected chi connectivity index (χ2v) is 5.78. The minimum absolute atomic E-state index is 0.141. The zero-order valence-corrected chi connectivity index (χ0v) is 14.4. The van der Waals surface area contributed by atoms with E-state index in [1.165, 1.54) is 0 Å². The fraction of sp³-hybridized carbons (Fsp3) is 0.158. The molecule has 1 heterocycles. The predicted octanol–water partition coefficient (Wildman–Crippen LogP) is 4.57. The number of methoxy groups -OCH3 is 1. The molecule has 0 saturated heterocycles. The number of amides is 1. The van der Waals surface area contributed by atoms with Gasteiger partial charge < -0.3 is 14.5 Å². The Bertz CT molecular complexity index is 859. The van der Waals surface area contributed by atoms with Gasteiger partial charge in [0.15, 0.2) is 11.7 Å². The van der Waals surface area contributed by atoms with Gasteiger partial charge in [-0.05, 0) is 36.4 Å². The minimum atomic E-state index is -0.141. The highest BCUT2D eigenvalue weighted by atomic mass is 35.5. The molecule has 0 radical (unpaired) electrons. The van der Waals surface area contributed by atoms with Gasteiger partial charge in [-0.25, -0.2) is 4.98 Å². The van der Waals surface area contributed by atoms with E-state index in [2.05, 4.69) is 10.3 Å². The van der Waals surface area contributed by atoms with Crippen molar-refractivity contribution in [2.24, 2.45) is 0 Å². The molecule has 6 heteroatoms. The van der Waals surface area contributed by atoms with Gasteiger partial charge in [-0.15, -0.1) is 0 Å². The average molecular weight is 357 g/mol. The largest absolute Gasteiger partial charge is 0.497 e. The molecule has 5 nitrogen and oxygen atoms in total. The van der Waals surface area contributed by atoms with Gasteiger partial charge in [-0.3, -0.25) is 4.79 Å². The molecular weight excluding hydrogens is 340 g/mol. The molecule has 2 aromatic carbocycles. The van der Waals surface area contributed by atoms with Crippen LogP contribution in [-0.2, 0) is 11.2 Å². The number of rotatable bonds is 6. The zero-order chi connectivity index (χ0) is 17.6. The van der Waals surface area contributed by atoms with E-state index in [0.717, 1.165) is 11.3 Å². The van der Waals surface area contributed by atoms with Crippen molar-refractivity contribution in [1.82, 2.24) is 4.98 Å². The minimum Gasteiger partial charge on any atom is -0.497 e. The number of carbonyl (C=O) groups excluding carboxylic acids is 1. The molecule has 0 spiro atoms. The van der Waals surface area contributed by atoms with Crippen molar-refractivity contribution in [1.29, 1.82) is 0 Å². The van der Waals surface area contributed by atoms with Gasteiger partial charge in [0.1, 0.15) is 5.75 Å². The second kappa shape index (κ2) is 7.85.